The lowest BCUT2D eigenvalue weighted by Gasteiger charge is -2.01. The molecule has 0 radical (unpaired) electrons. The zero-order chi connectivity index (χ0) is 11.4. The van der Waals surface area contributed by atoms with Crippen molar-refractivity contribution in [3.8, 4) is 0 Å². The summed E-state index contributed by atoms with van der Waals surface area (Å²) in [6, 6.07) is 4.89. The zero-order valence-electron chi connectivity index (χ0n) is 7.96. The molecule has 0 aliphatic rings. The number of hydrogen-bond donors (Lipinski definition) is 1. The molecule has 3 nitrogen and oxygen atoms in total. The van der Waals surface area contributed by atoms with E-state index in [1.807, 2.05) is 0 Å². The summed E-state index contributed by atoms with van der Waals surface area (Å²) >= 11 is 11.6. The van der Waals surface area contributed by atoms with E-state index >= 15 is 0 Å². The number of methoxy groups -OCH3 is 1. The number of rotatable bonds is 2. The fourth-order valence-electron chi connectivity index (χ4n) is 0.963. The van der Waals surface area contributed by atoms with Crippen LogP contribution in [0.15, 0.2) is 23.9 Å². The summed E-state index contributed by atoms with van der Waals surface area (Å²) in [7, 11) is 1.26. The smallest absolute Gasteiger partial charge is 0.353 e. The Morgan fingerprint density at radius 3 is 2.67 bits per heavy atom. The highest BCUT2D eigenvalue weighted by molar-refractivity contribution is 6.35. The Balaban J connectivity index is 3.03. The van der Waals surface area contributed by atoms with Gasteiger partial charge in [0.2, 0.25) is 0 Å². The molecule has 0 saturated carbocycles. The van der Waals surface area contributed by atoms with E-state index in [4.69, 9.17) is 28.9 Å². The fourth-order valence-corrected chi connectivity index (χ4v) is 1.43. The van der Waals surface area contributed by atoms with E-state index in [-0.39, 0.29) is 5.70 Å². The molecule has 0 aromatic heterocycles. The van der Waals surface area contributed by atoms with E-state index in [1.165, 1.54) is 13.2 Å². The van der Waals surface area contributed by atoms with E-state index in [0.29, 0.717) is 15.6 Å². The Morgan fingerprint density at radius 2 is 2.13 bits per heavy atom. The van der Waals surface area contributed by atoms with Gasteiger partial charge in [-0.3, -0.25) is 0 Å². The Bertz CT molecular complexity index is 416. The molecule has 0 spiro atoms. The van der Waals surface area contributed by atoms with Gasteiger partial charge in [-0.15, -0.1) is 0 Å². The molecule has 1 aromatic carbocycles. The molecule has 0 atom stereocenters. The van der Waals surface area contributed by atoms with Gasteiger partial charge >= 0.3 is 5.97 Å². The van der Waals surface area contributed by atoms with Crippen molar-refractivity contribution in [2.24, 2.45) is 5.73 Å². The van der Waals surface area contributed by atoms with E-state index in [9.17, 15) is 4.79 Å². The van der Waals surface area contributed by atoms with Crippen LogP contribution in [0.25, 0.3) is 6.08 Å². The first-order valence-electron chi connectivity index (χ1n) is 4.05. The fraction of sp³-hybridized carbons (Fsp3) is 0.100. The predicted octanol–water partition coefficient (Wildman–Crippen LogP) is 2.47. The SMILES string of the molecule is COC(=O)C(N)=Cc1ccc(Cl)cc1Cl. The highest BCUT2D eigenvalue weighted by Gasteiger charge is 2.06. The minimum atomic E-state index is -0.596. The number of carbonyl (C=O) groups excluding carboxylic acids is 1. The quantitative estimate of drug-likeness (QED) is 0.644. The average Bonchev–Trinajstić information content (AvgIpc) is 2.20. The zero-order valence-corrected chi connectivity index (χ0v) is 9.47. The Labute approximate surface area is 97.4 Å². The lowest BCUT2D eigenvalue weighted by Crippen LogP contribution is -2.12. The van der Waals surface area contributed by atoms with E-state index in [2.05, 4.69) is 4.74 Å². The molecule has 0 saturated heterocycles. The van der Waals surface area contributed by atoms with Crippen molar-refractivity contribution >= 4 is 35.2 Å². The number of esters is 1. The van der Waals surface area contributed by atoms with Crippen molar-refractivity contribution in [3.63, 3.8) is 0 Å². The molecule has 0 bridgehead atoms. The molecular weight excluding hydrogens is 237 g/mol. The summed E-state index contributed by atoms with van der Waals surface area (Å²) in [5.74, 6) is -0.596. The molecule has 5 heteroatoms. The normalized spacial score (nSPS) is 11.3. The Hall–Kier alpha value is -1.19. The maximum absolute atomic E-state index is 11.0. The van der Waals surface area contributed by atoms with Crippen molar-refractivity contribution < 1.29 is 9.53 Å². The molecule has 0 unspecified atom stereocenters. The Kier molecular flexibility index (Phi) is 4.00. The third-order valence-electron chi connectivity index (χ3n) is 1.69. The van der Waals surface area contributed by atoms with Crippen molar-refractivity contribution in [3.05, 3.63) is 39.5 Å². The Morgan fingerprint density at radius 1 is 1.47 bits per heavy atom. The van der Waals surface area contributed by atoms with Crippen LogP contribution in [0.2, 0.25) is 10.0 Å². The van der Waals surface area contributed by atoms with Gasteiger partial charge in [-0.1, -0.05) is 29.3 Å². The van der Waals surface area contributed by atoms with Gasteiger partial charge in [-0.25, -0.2) is 4.79 Å². The van der Waals surface area contributed by atoms with Gasteiger partial charge in [0.25, 0.3) is 0 Å². The molecular formula is C10H9Cl2NO2. The maximum Gasteiger partial charge on any atom is 0.353 e. The van der Waals surface area contributed by atoms with Gasteiger partial charge in [0, 0.05) is 10.0 Å². The van der Waals surface area contributed by atoms with Crippen LogP contribution in [0.4, 0.5) is 0 Å². The summed E-state index contributed by atoms with van der Waals surface area (Å²) in [5, 5.41) is 0.947. The third-order valence-corrected chi connectivity index (χ3v) is 2.26. The number of nitrogens with two attached hydrogens (primary N) is 1. The first-order valence-corrected chi connectivity index (χ1v) is 4.80. The highest BCUT2D eigenvalue weighted by Crippen LogP contribution is 2.22. The lowest BCUT2D eigenvalue weighted by atomic mass is 10.2. The molecule has 15 heavy (non-hydrogen) atoms. The van der Waals surface area contributed by atoms with Gasteiger partial charge in [-0.2, -0.15) is 0 Å². The van der Waals surface area contributed by atoms with Gasteiger partial charge in [-0.05, 0) is 23.8 Å². The van der Waals surface area contributed by atoms with Gasteiger partial charge in [0.1, 0.15) is 5.70 Å². The summed E-state index contributed by atoms with van der Waals surface area (Å²) in [6.45, 7) is 0. The van der Waals surface area contributed by atoms with E-state index in [0.717, 1.165) is 0 Å². The molecule has 80 valence electrons. The first kappa shape index (κ1) is 11.9. The number of ether oxygens (including phenoxy) is 1. The van der Waals surface area contributed by atoms with Crippen LogP contribution in [-0.4, -0.2) is 13.1 Å². The monoisotopic (exact) mass is 245 g/mol. The molecule has 0 amide bonds. The number of carbonyl (C=O) groups is 1. The van der Waals surface area contributed by atoms with Crippen molar-refractivity contribution in [1.29, 1.82) is 0 Å². The first-order chi connectivity index (χ1) is 7.04. The van der Waals surface area contributed by atoms with Crippen molar-refractivity contribution in [2.75, 3.05) is 7.11 Å². The molecule has 0 fully saturated rings. The molecule has 1 aromatic rings. The number of hydrogen-bond acceptors (Lipinski definition) is 3. The topological polar surface area (TPSA) is 52.3 Å². The van der Waals surface area contributed by atoms with Gasteiger partial charge < -0.3 is 10.5 Å². The van der Waals surface area contributed by atoms with Crippen LogP contribution < -0.4 is 5.73 Å². The third kappa shape index (κ3) is 3.15. The largest absolute Gasteiger partial charge is 0.464 e. The number of benzene rings is 1. The van der Waals surface area contributed by atoms with Crippen LogP contribution >= 0.6 is 23.2 Å². The second-order valence-corrected chi connectivity index (χ2v) is 3.60. The molecule has 0 heterocycles. The van der Waals surface area contributed by atoms with Crippen LogP contribution in [0, 0.1) is 0 Å². The van der Waals surface area contributed by atoms with Gasteiger partial charge in [0.15, 0.2) is 0 Å². The highest BCUT2D eigenvalue weighted by atomic mass is 35.5. The van der Waals surface area contributed by atoms with Crippen LogP contribution in [0.1, 0.15) is 5.56 Å². The van der Waals surface area contributed by atoms with Crippen LogP contribution in [0.3, 0.4) is 0 Å². The van der Waals surface area contributed by atoms with Crippen LogP contribution in [0.5, 0.6) is 0 Å². The average molecular weight is 246 g/mol. The van der Waals surface area contributed by atoms with Crippen LogP contribution in [-0.2, 0) is 9.53 Å². The van der Waals surface area contributed by atoms with E-state index < -0.39 is 5.97 Å². The summed E-state index contributed by atoms with van der Waals surface area (Å²) < 4.78 is 4.45. The second-order valence-electron chi connectivity index (χ2n) is 2.76. The van der Waals surface area contributed by atoms with Crippen molar-refractivity contribution in [2.45, 2.75) is 0 Å². The number of halogens is 2. The minimum Gasteiger partial charge on any atom is -0.464 e. The molecule has 0 aliphatic carbocycles. The summed E-state index contributed by atoms with van der Waals surface area (Å²) in [5.41, 5.74) is 6.06. The standard InChI is InChI=1S/C10H9Cl2NO2/c1-15-10(14)9(13)4-6-2-3-7(11)5-8(6)12/h2-5H,13H2,1H3. The lowest BCUT2D eigenvalue weighted by molar-refractivity contribution is -0.136. The molecule has 2 N–H and O–H groups in total. The predicted molar refractivity (Wildman–Crippen MR) is 60.6 cm³/mol. The molecule has 0 aliphatic heterocycles. The van der Waals surface area contributed by atoms with Gasteiger partial charge in [0.05, 0.1) is 7.11 Å². The molecule has 1 rings (SSSR count). The summed E-state index contributed by atoms with van der Waals surface area (Å²) in [4.78, 5) is 11.0. The maximum atomic E-state index is 11.0. The van der Waals surface area contributed by atoms with E-state index in [1.54, 1.807) is 18.2 Å². The second kappa shape index (κ2) is 5.05. The summed E-state index contributed by atoms with van der Waals surface area (Å²) in [6.07, 6.45) is 1.44. The van der Waals surface area contributed by atoms with Crippen molar-refractivity contribution in [1.82, 2.24) is 0 Å². The minimum absolute atomic E-state index is 0.0123.